The number of carbonyl (C=O) groups excluding carboxylic acids is 3. The Bertz CT molecular complexity index is 667. The number of hydrogen-bond acceptors (Lipinski definition) is 4. The van der Waals surface area contributed by atoms with Crippen molar-refractivity contribution in [2.45, 2.75) is 32.7 Å². The second-order valence-corrected chi connectivity index (χ2v) is 6.90. The molecule has 0 aromatic heterocycles. The van der Waals surface area contributed by atoms with Crippen molar-refractivity contribution in [1.82, 2.24) is 10.2 Å². The highest BCUT2D eigenvalue weighted by Crippen LogP contribution is 2.20. The fourth-order valence-electron chi connectivity index (χ4n) is 3.15. The fourth-order valence-corrected chi connectivity index (χ4v) is 3.15. The van der Waals surface area contributed by atoms with Crippen molar-refractivity contribution >= 4 is 17.7 Å². The van der Waals surface area contributed by atoms with Crippen molar-refractivity contribution in [2.24, 2.45) is 17.6 Å². The Balaban J connectivity index is 2.08. The Hall–Kier alpha value is -2.57. The van der Waals surface area contributed by atoms with Gasteiger partial charge in [-0.15, -0.1) is 0 Å². The molecule has 26 heavy (non-hydrogen) atoms. The molecule has 3 amide bonds. The lowest BCUT2D eigenvalue weighted by atomic mass is 9.94. The van der Waals surface area contributed by atoms with Crippen LogP contribution in [-0.2, 0) is 9.59 Å². The first-order valence-corrected chi connectivity index (χ1v) is 8.87. The Kier molecular flexibility index (Phi) is 6.60. The predicted molar refractivity (Wildman–Crippen MR) is 97.6 cm³/mol. The van der Waals surface area contributed by atoms with Gasteiger partial charge in [0.2, 0.25) is 11.8 Å². The second-order valence-electron chi connectivity index (χ2n) is 6.90. The summed E-state index contributed by atoms with van der Waals surface area (Å²) >= 11 is 0. The summed E-state index contributed by atoms with van der Waals surface area (Å²) in [6.45, 7) is 4.73. The maximum Gasteiger partial charge on any atom is 0.255 e. The van der Waals surface area contributed by atoms with Crippen molar-refractivity contribution in [3.63, 3.8) is 0 Å². The Morgan fingerprint density at radius 2 is 1.81 bits per heavy atom. The molecule has 1 atom stereocenters. The van der Waals surface area contributed by atoms with Gasteiger partial charge in [-0.3, -0.25) is 14.4 Å². The number of ether oxygens (including phenoxy) is 1. The maximum absolute atomic E-state index is 12.9. The highest BCUT2D eigenvalue weighted by atomic mass is 16.5. The summed E-state index contributed by atoms with van der Waals surface area (Å²) in [5.41, 5.74) is 5.73. The third-order valence-electron chi connectivity index (χ3n) is 4.78. The molecule has 0 radical (unpaired) electrons. The molecule has 1 heterocycles. The number of nitrogens with two attached hydrogens (primary N) is 1. The van der Waals surface area contributed by atoms with Gasteiger partial charge in [-0.05, 0) is 30.9 Å². The van der Waals surface area contributed by atoms with Crippen LogP contribution in [-0.4, -0.2) is 48.9 Å². The minimum absolute atomic E-state index is 0.0741. The summed E-state index contributed by atoms with van der Waals surface area (Å²) in [5, 5.41) is 2.84. The number of rotatable bonds is 6. The van der Waals surface area contributed by atoms with Crippen LogP contribution in [0.5, 0.6) is 5.75 Å². The smallest absolute Gasteiger partial charge is 0.255 e. The van der Waals surface area contributed by atoms with Gasteiger partial charge in [-0.25, -0.2) is 0 Å². The van der Waals surface area contributed by atoms with E-state index < -0.39 is 6.04 Å². The minimum atomic E-state index is -0.641. The van der Waals surface area contributed by atoms with Crippen molar-refractivity contribution < 1.29 is 19.1 Å². The van der Waals surface area contributed by atoms with Crippen LogP contribution < -0.4 is 15.8 Å². The molecule has 2 rings (SSSR count). The van der Waals surface area contributed by atoms with Gasteiger partial charge in [-0.1, -0.05) is 26.0 Å². The van der Waals surface area contributed by atoms with Gasteiger partial charge >= 0.3 is 0 Å². The molecular weight excluding hydrogens is 334 g/mol. The van der Waals surface area contributed by atoms with Gasteiger partial charge in [-0.2, -0.15) is 0 Å². The lowest BCUT2D eigenvalue weighted by Gasteiger charge is -2.34. The molecule has 0 aliphatic carbocycles. The van der Waals surface area contributed by atoms with E-state index in [0.29, 0.717) is 37.2 Å². The van der Waals surface area contributed by atoms with E-state index >= 15 is 0 Å². The fraction of sp³-hybridized carbons (Fsp3) is 0.526. The molecule has 0 spiro atoms. The molecule has 1 aromatic carbocycles. The van der Waals surface area contributed by atoms with Crippen LogP contribution in [0, 0.1) is 11.8 Å². The quantitative estimate of drug-likeness (QED) is 0.794. The zero-order chi connectivity index (χ0) is 19.3. The highest BCUT2D eigenvalue weighted by Gasteiger charge is 2.32. The second kappa shape index (κ2) is 8.69. The Morgan fingerprint density at radius 1 is 1.19 bits per heavy atom. The number of benzene rings is 1. The van der Waals surface area contributed by atoms with Crippen LogP contribution >= 0.6 is 0 Å². The first-order valence-electron chi connectivity index (χ1n) is 8.87. The molecule has 0 bridgehead atoms. The zero-order valence-electron chi connectivity index (χ0n) is 15.5. The molecule has 1 fully saturated rings. The van der Waals surface area contributed by atoms with Crippen LogP contribution in [0.3, 0.4) is 0 Å². The van der Waals surface area contributed by atoms with Gasteiger partial charge in [0.25, 0.3) is 5.91 Å². The summed E-state index contributed by atoms with van der Waals surface area (Å²) in [6, 6.07) is 6.25. The first-order chi connectivity index (χ1) is 12.3. The number of methoxy groups -OCH3 is 1. The maximum atomic E-state index is 12.9. The van der Waals surface area contributed by atoms with Crippen molar-refractivity contribution in [3.8, 4) is 5.75 Å². The Labute approximate surface area is 153 Å². The monoisotopic (exact) mass is 361 g/mol. The molecular formula is C19H27N3O4. The van der Waals surface area contributed by atoms with Crippen LogP contribution in [0.4, 0.5) is 0 Å². The van der Waals surface area contributed by atoms with E-state index in [1.165, 1.54) is 7.11 Å². The van der Waals surface area contributed by atoms with Gasteiger partial charge in [0, 0.05) is 19.0 Å². The van der Waals surface area contributed by atoms with Crippen molar-refractivity contribution in [1.29, 1.82) is 0 Å². The van der Waals surface area contributed by atoms with Gasteiger partial charge in [0.05, 0.1) is 12.7 Å². The molecule has 1 saturated heterocycles. The van der Waals surface area contributed by atoms with Crippen LogP contribution in [0.2, 0.25) is 0 Å². The van der Waals surface area contributed by atoms with Crippen LogP contribution in [0.1, 0.15) is 37.0 Å². The SMILES string of the molecule is COc1ccccc1C(=O)NC(C(=O)N1CCC(C(N)=O)CC1)C(C)C. The highest BCUT2D eigenvalue weighted by molar-refractivity contribution is 5.99. The molecule has 1 aromatic rings. The van der Waals surface area contributed by atoms with E-state index in [0.717, 1.165) is 0 Å². The van der Waals surface area contributed by atoms with Gasteiger partial charge in [0.15, 0.2) is 0 Å². The predicted octanol–water partition coefficient (Wildman–Crippen LogP) is 1.17. The van der Waals surface area contributed by atoms with Gasteiger partial charge < -0.3 is 20.7 Å². The zero-order valence-corrected chi connectivity index (χ0v) is 15.5. The van der Waals surface area contributed by atoms with E-state index in [9.17, 15) is 14.4 Å². The molecule has 0 saturated carbocycles. The molecule has 1 aliphatic heterocycles. The number of para-hydroxylation sites is 1. The van der Waals surface area contributed by atoms with Gasteiger partial charge in [0.1, 0.15) is 11.8 Å². The number of piperidine rings is 1. The largest absolute Gasteiger partial charge is 0.496 e. The van der Waals surface area contributed by atoms with Crippen molar-refractivity contribution in [3.05, 3.63) is 29.8 Å². The molecule has 3 N–H and O–H groups in total. The number of likely N-dealkylation sites (tertiary alicyclic amines) is 1. The first kappa shape index (κ1) is 19.8. The summed E-state index contributed by atoms with van der Waals surface area (Å²) < 4.78 is 5.22. The molecule has 142 valence electrons. The molecule has 1 unspecified atom stereocenters. The lowest BCUT2D eigenvalue weighted by Crippen LogP contribution is -2.53. The standard InChI is InChI=1S/C19H27N3O4/c1-12(2)16(19(25)22-10-8-13(9-11-22)17(20)23)21-18(24)14-6-4-5-7-15(14)26-3/h4-7,12-13,16H,8-11H2,1-3H3,(H2,20,23)(H,21,24). The van der Waals surface area contributed by atoms with E-state index in [-0.39, 0.29) is 29.6 Å². The summed E-state index contributed by atoms with van der Waals surface area (Å²) in [7, 11) is 1.50. The minimum Gasteiger partial charge on any atom is -0.496 e. The molecule has 7 nitrogen and oxygen atoms in total. The third kappa shape index (κ3) is 4.53. The number of amides is 3. The summed E-state index contributed by atoms with van der Waals surface area (Å²) in [5.74, 6) is -0.591. The third-order valence-corrected chi connectivity index (χ3v) is 4.78. The normalized spacial score (nSPS) is 16.2. The number of hydrogen-bond donors (Lipinski definition) is 2. The average molecular weight is 361 g/mol. The average Bonchev–Trinajstić information content (AvgIpc) is 2.65. The van der Waals surface area contributed by atoms with Crippen LogP contribution in [0.15, 0.2) is 24.3 Å². The Morgan fingerprint density at radius 3 is 2.35 bits per heavy atom. The van der Waals surface area contributed by atoms with Crippen molar-refractivity contribution in [2.75, 3.05) is 20.2 Å². The number of nitrogens with zero attached hydrogens (tertiary/aromatic N) is 1. The van der Waals surface area contributed by atoms with Crippen LogP contribution in [0.25, 0.3) is 0 Å². The topological polar surface area (TPSA) is 102 Å². The number of primary amides is 1. The van der Waals surface area contributed by atoms with E-state index in [4.69, 9.17) is 10.5 Å². The van der Waals surface area contributed by atoms with E-state index in [1.54, 1.807) is 29.2 Å². The number of carbonyl (C=O) groups is 3. The van der Waals surface area contributed by atoms with E-state index in [2.05, 4.69) is 5.32 Å². The molecule has 1 aliphatic rings. The summed E-state index contributed by atoms with van der Waals surface area (Å²) in [6.07, 6.45) is 1.12. The lowest BCUT2D eigenvalue weighted by molar-refractivity contribution is -0.137. The number of nitrogens with one attached hydrogen (secondary N) is 1. The van der Waals surface area contributed by atoms with E-state index in [1.807, 2.05) is 13.8 Å². The summed E-state index contributed by atoms with van der Waals surface area (Å²) in [4.78, 5) is 38.5. The molecule has 7 heteroatoms.